The normalized spacial score (nSPS) is 16.0. The van der Waals surface area contributed by atoms with Gasteiger partial charge in [-0.05, 0) is 30.5 Å². The Morgan fingerprint density at radius 1 is 1.08 bits per heavy atom. The molecular formula is C20H18N2OS. The molecule has 0 saturated heterocycles. The highest BCUT2D eigenvalue weighted by molar-refractivity contribution is 7.18. The minimum Gasteiger partial charge on any atom is -0.294 e. The van der Waals surface area contributed by atoms with E-state index in [9.17, 15) is 4.79 Å². The first kappa shape index (κ1) is 15.2. The maximum atomic E-state index is 12.5. The number of aryl methyl sites for hydroxylation is 1. The Balaban J connectivity index is 1.70. The fraction of sp³-hybridized carbons (Fsp3) is 0.250. The molecule has 1 aliphatic carbocycles. The summed E-state index contributed by atoms with van der Waals surface area (Å²) in [7, 11) is 0. The predicted octanol–water partition coefficient (Wildman–Crippen LogP) is 5.03. The topological polar surface area (TPSA) is 42.9 Å². The second-order valence-corrected chi connectivity index (χ2v) is 7.83. The monoisotopic (exact) mass is 334 g/mol. The number of benzene rings is 1. The number of nitrogens with zero attached hydrogens (tertiary/aromatic N) is 2. The third kappa shape index (κ3) is 2.57. The van der Waals surface area contributed by atoms with Gasteiger partial charge in [0.15, 0.2) is 5.78 Å². The average Bonchev–Trinajstić information content (AvgIpc) is 3.09. The van der Waals surface area contributed by atoms with Gasteiger partial charge in [-0.3, -0.25) is 4.79 Å². The van der Waals surface area contributed by atoms with Gasteiger partial charge in [0, 0.05) is 17.2 Å². The van der Waals surface area contributed by atoms with Crippen LogP contribution in [0.4, 0.5) is 0 Å². The minimum atomic E-state index is -0.280. The molecule has 0 amide bonds. The fourth-order valence-corrected chi connectivity index (χ4v) is 3.95. The van der Waals surface area contributed by atoms with E-state index in [0.717, 1.165) is 45.2 Å². The number of thiazole rings is 1. The maximum Gasteiger partial charge on any atom is 0.170 e. The molecule has 1 aliphatic rings. The van der Waals surface area contributed by atoms with E-state index in [1.165, 1.54) is 0 Å². The highest BCUT2D eigenvalue weighted by atomic mass is 32.1. The summed E-state index contributed by atoms with van der Waals surface area (Å²) in [6.07, 6.45) is 3.59. The summed E-state index contributed by atoms with van der Waals surface area (Å²) >= 11 is 1.63. The summed E-state index contributed by atoms with van der Waals surface area (Å²) in [4.78, 5) is 22.9. The molecule has 0 atom stereocenters. The van der Waals surface area contributed by atoms with Crippen molar-refractivity contribution in [2.24, 2.45) is 5.41 Å². The number of aromatic nitrogens is 2. The van der Waals surface area contributed by atoms with Gasteiger partial charge in [-0.15, -0.1) is 11.3 Å². The molecule has 0 N–H and O–H groups in total. The van der Waals surface area contributed by atoms with E-state index < -0.39 is 0 Å². The van der Waals surface area contributed by atoms with Crippen LogP contribution in [0.25, 0.3) is 21.1 Å². The molecule has 0 fully saturated rings. The van der Waals surface area contributed by atoms with Crippen LogP contribution in [0.5, 0.6) is 0 Å². The first-order valence-corrected chi connectivity index (χ1v) is 8.93. The molecular weight excluding hydrogens is 316 g/mol. The van der Waals surface area contributed by atoms with Crippen molar-refractivity contribution in [3.05, 3.63) is 59.9 Å². The van der Waals surface area contributed by atoms with Crippen molar-refractivity contribution in [1.82, 2.24) is 9.97 Å². The standard InChI is InChI=1S/C20H18N2OS/c1-20(2)11-10-15-14(18(20)23)8-9-16(22-15)19-21-12-17(24-19)13-6-4-3-5-7-13/h3-9,12H,10-11H2,1-2H3. The number of Topliss-reactive ketones (excluding diaryl/α,β-unsaturated/α-hetero) is 1. The van der Waals surface area contributed by atoms with Crippen LogP contribution in [0.15, 0.2) is 48.7 Å². The lowest BCUT2D eigenvalue weighted by Crippen LogP contribution is -2.31. The molecule has 0 aliphatic heterocycles. The van der Waals surface area contributed by atoms with Gasteiger partial charge in [0.25, 0.3) is 0 Å². The number of hydrogen-bond acceptors (Lipinski definition) is 4. The van der Waals surface area contributed by atoms with Crippen LogP contribution in [-0.4, -0.2) is 15.8 Å². The molecule has 0 radical (unpaired) electrons. The molecule has 120 valence electrons. The van der Waals surface area contributed by atoms with E-state index >= 15 is 0 Å². The number of rotatable bonds is 2. The second-order valence-electron chi connectivity index (χ2n) is 6.80. The first-order chi connectivity index (χ1) is 11.5. The molecule has 0 bridgehead atoms. The quantitative estimate of drug-likeness (QED) is 0.660. The number of carbonyl (C=O) groups is 1. The number of hydrogen-bond donors (Lipinski definition) is 0. The molecule has 1 aromatic carbocycles. The number of ketones is 1. The van der Waals surface area contributed by atoms with E-state index in [-0.39, 0.29) is 11.2 Å². The Hall–Kier alpha value is -2.33. The summed E-state index contributed by atoms with van der Waals surface area (Å²) in [5, 5.41) is 0.897. The van der Waals surface area contributed by atoms with Crippen LogP contribution in [0, 0.1) is 5.41 Å². The van der Waals surface area contributed by atoms with Crippen LogP contribution < -0.4 is 0 Å². The Kier molecular flexibility index (Phi) is 3.57. The van der Waals surface area contributed by atoms with Crippen molar-refractivity contribution in [2.75, 3.05) is 0 Å². The zero-order valence-electron chi connectivity index (χ0n) is 13.7. The molecule has 0 spiro atoms. The summed E-state index contributed by atoms with van der Waals surface area (Å²) in [5.41, 5.74) is 3.42. The van der Waals surface area contributed by atoms with Crippen molar-refractivity contribution in [2.45, 2.75) is 26.7 Å². The molecule has 3 aromatic rings. The van der Waals surface area contributed by atoms with Gasteiger partial charge < -0.3 is 0 Å². The van der Waals surface area contributed by atoms with Crippen molar-refractivity contribution in [1.29, 1.82) is 0 Å². The van der Waals surface area contributed by atoms with Crippen LogP contribution >= 0.6 is 11.3 Å². The summed E-state index contributed by atoms with van der Waals surface area (Å²) in [6.45, 7) is 4.03. The lowest BCUT2D eigenvalue weighted by molar-refractivity contribution is 0.0809. The summed E-state index contributed by atoms with van der Waals surface area (Å²) in [6, 6.07) is 14.1. The van der Waals surface area contributed by atoms with E-state index in [0.29, 0.717) is 0 Å². The largest absolute Gasteiger partial charge is 0.294 e. The Bertz CT molecular complexity index is 912. The fourth-order valence-electron chi connectivity index (χ4n) is 3.06. The second kappa shape index (κ2) is 5.64. The van der Waals surface area contributed by atoms with Gasteiger partial charge in [0.05, 0.1) is 16.3 Å². The smallest absolute Gasteiger partial charge is 0.170 e. The van der Waals surface area contributed by atoms with Crippen LogP contribution in [-0.2, 0) is 6.42 Å². The third-order valence-electron chi connectivity index (χ3n) is 4.60. The highest BCUT2D eigenvalue weighted by Gasteiger charge is 2.34. The highest BCUT2D eigenvalue weighted by Crippen LogP contribution is 2.36. The van der Waals surface area contributed by atoms with Gasteiger partial charge in [0.1, 0.15) is 5.01 Å². The van der Waals surface area contributed by atoms with E-state index in [4.69, 9.17) is 4.98 Å². The zero-order chi connectivity index (χ0) is 16.7. The van der Waals surface area contributed by atoms with Gasteiger partial charge in [-0.2, -0.15) is 0 Å². The average molecular weight is 334 g/mol. The van der Waals surface area contributed by atoms with E-state index in [1.54, 1.807) is 11.3 Å². The summed E-state index contributed by atoms with van der Waals surface area (Å²) in [5.74, 6) is 0.201. The lowest BCUT2D eigenvalue weighted by atomic mass is 9.75. The lowest BCUT2D eigenvalue weighted by Gasteiger charge is -2.28. The molecule has 24 heavy (non-hydrogen) atoms. The van der Waals surface area contributed by atoms with Gasteiger partial charge in [0.2, 0.25) is 0 Å². The molecule has 0 unspecified atom stereocenters. The first-order valence-electron chi connectivity index (χ1n) is 8.11. The molecule has 0 saturated carbocycles. The molecule has 4 heteroatoms. The van der Waals surface area contributed by atoms with Crippen LogP contribution in [0.1, 0.15) is 36.3 Å². The van der Waals surface area contributed by atoms with Gasteiger partial charge >= 0.3 is 0 Å². The van der Waals surface area contributed by atoms with Crippen molar-refractivity contribution < 1.29 is 4.79 Å². The van der Waals surface area contributed by atoms with Crippen molar-refractivity contribution in [3.63, 3.8) is 0 Å². The Morgan fingerprint density at radius 3 is 2.67 bits per heavy atom. The Morgan fingerprint density at radius 2 is 1.88 bits per heavy atom. The Labute approximate surface area is 145 Å². The molecule has 3 nitrogen and oxygen atoms in total. The van der Waals surface area contributed by atoms with E-state index in [2.05, 4.69) is 17.1 Å². The third-order valence-corrected chi connectivity index (χ3v) is 5.67. The SMILES string of the molecule is CC1(C)CCc2nc(-c3ncc(-c4ccccc4)s3)ccc2C1=O. The molecule has 2 heterocycles. The van der Waals surface area contributed by atoms with Crippen molar-refractivity contribution >= 4 is 17.1 Å². The number of carbonyl (C=O) groups excluding carboxylic acids is 1. The van der Waals surface area contributed by atoms with Crippen molar-refractivity contribution in [3.8, 4) is 21.1 Å². The van der Waals surface area contributed by atoms with E-state index in [1.807, 2.05) is 50.4 Å². The molecule has 4 rings (SSSR count). The maximum absolute atomic E-state index is 12.5. The minimum absolute atomic E-state index is 0.201. The zero-order valence-corrected chi connectivity index (χ0v) is 14.6. The van der Waals surface area contributed by atoms with Crippen LogP contribution in [0.2, 0.25) is 0 Å². The van der Waals surface area contributed by atoms with Crippen LogP contribution in [0.3, 0.4) is 0 Å². The molecule has 2 aromatic heterocycles. The number of pyridine rings is 1. The number of fused-ring (bicyclic) bond motifs is 1. The van der Waals surface area contributed by atoms with Gasteiger partial charge in [-0.1, -0.05) is 44.2 Å². The summed E-state index contributed by atoms with van der Waals surface area (Å²) < 4.78 is 0. The van der Waals surface area contributed by atoms with Gasteiger partial charge in [-0.25, -0.2) is 9.97 Å². The predicted molar refractivity (Wildman–Crippen MR) is 97.2 cm³/mol.